The van der Waals surface area contributed by atoms with E-state index in [0.717, 1.165) is 5.75 Å². The van der Waals surface area contributed by atoms with Gasteiger partial charge in [-0.1, -0.05) is 0 Å². The zero-order valence-corrected chi connectivity index (χ0v) is 13.2. The number of nitrogens with one attached hydrogen (secondary N) is 2. The fraction of sp³-hybridized carbons (Fsp3) is 0.429. The number of benzene rings is 1. The largest absolute Gasteiger partial charge is 0.497 e. The number of ether oxygens (including phenoxy) is 2. The number of hydrogen-bond donors (Lipinski definition) is 2. The first-order valence-electron chi connectivity index (χ1n) is 6.39. The van der Waals surface area contributed by atoms with Gasteiger partial charge in [0, 0.05) is 5.69 Å². The fourth-order valence-electron chi connectivity index (χ4n) is 1.63. The maximum atomic E-state index is 11.9. The minimum atomic E-state index is -0.652. The molecule has 0 saturated carbocycles. The summed E-state index contributed by atoms with van der Waals surface area (Å²) >= 11 is 1.60. The highest BCUT2D eigenvalue weighted by molar-refractivity contribution is 7.98. The van der Waals surface area contributed by atoms with Crippen LogP contribution in [-0.2, 0) is 9.53 Å². The highest BCUT2D eigenvalue weighted by Gasteiger charge is 2.20. The Hall–Kier alpha value is -1.89. The lowest BCUT2D eigenvalue weighted by Crippen LogP contribution is -2.44. The van der Waals surface area contributed by atoms with Gasteiger partial charge in [0.15, 0.2) is 0 Å². The van der Waals surface area contributed by atoms with Gasteiger partial charge in [-0.05, 0) is 42.7 Å². The molecular weight excluding hydrogens is 292 g/mol. The molecule has 0 fully saturated rings. The molecule has 0 aliphatic rings. The molecule has 1 rings (SSSR count). The minimum absolute atomic E-state index is 0.448. The van der Waals surface area contributed by atoms with Crippen LogP contribution in [-0.4, -0.2) is 44.3 Å². The Kier molecular flexibility index (Phi) is 7.45. The van der Waals surface area contributed by atoms with Crippen molar-refractivity contribution in [2.24, 2.45) is 0 Å². The Morgan fingerprint density at radius 2 is 1.90 bits per heavy atom. The molecule has 2 N–H and O–H groups in total. The predicted molar refractivity (Wildman–Crippen MR) is 84.0 cm³/mol. The van der Waals surface area contributed by atoms with Crippen molar-refractivity contribution in [3.05, 3.63) is 24.3 Å². The summed E-state index contributed by atoms with van der Waals surface area (Å²) in [6, 6.07) is 5.81. The quantitative estimate of drug-likeness (QED) is 0.754. The summed E-state index contributed by atoms with van der Waals surface area (Å²) in [5.41, 5.74) is 0.613. The highest BCUT2D eigenvalue weighted by atomic mass is 32.2. The number of anilines is 1. The van der Waals surface area contributed by atoms with E-state index in [1.54, 1.807) is 43.1 Å². The van der Waals surface area contributed by atoms with Crippen LogP contribution in [0.5, 0.6) is 5.75 Å². The Morgan fingerprint density at radius 3 is 2.43 bits per heavy atom. The second-order valence-corrected chi connectivity index (χ2v) is 5.17. The van der Waals surface area contributed by atoms with E-state index in [0.29, 0.717) is 17.9 Å². The summed E-state index contributed by atoms with van der Waals surface area (Å²) < 4.78 is 9.72. The first kappa shape index (κ1) is 17.2. The van der Waals surface area contributed by atoms with Crippen LogP contribution in [0.2, 0.25) is 0 Å². The number of amides is 2. The molecule has 1 aromatic rings. The Labute approximate surface area is 128 Å². The molecule has 7 heteroatoms. The number of carbonyl (C=O) groups is 2. The monoisotopic (exact) mass is 312 g/mol. The van der Waals surface area contributed by atoms with Gasteiger partial charge < -0.3 is 20.1 Å². The number of methoxy groups -OCH3 is 2. The van der Waals surface area contributed by atoms with Gasteiger partial charge in [0.05, 0.1) is 14.2 Å². The van der Waals surface area contributed by atoms with Gasteiger partial charge in [0.25, 0.3) is 0 Å². The minimum Gasteiger partial charge on any atom is -0.497 e. The number of thioether (sulfide) groups is 1. The van der Waals surface area contributed by atoms with Crippen molar-refractivity contribution in [1.82, 2.24) is 5.32 Å². The zero-order valence-electron chi connectivity index (χ0n) is 12.3. The number of urea groups is 1. The average Bonchev–Trinajstić information content (AvgIpc) is 2.51. The molecule has 116 valence electrons. The van der Waals surface area contributed by atoms with Crippen molar-refractivity contribution < 1.29 is 19.1 Å². The topological polar surface area (TPSA) is 76.7 Å². The molecule has 0 unspecified atom stereocenters. The van der Waals surface area contributed by atoms with Gasteiger partial charge >= 0.3 is 12.0 Å². The molecule has 21 heavy (non-hydrogen) atoms. The lowest BCUT2D eigenvalue weighted by molar-refractivity contribution is -0.142. The molecule has 0 aromatic heterocycles. The summed E-state index contributed by atoms with van der Waals surface area (Å²) in [4.78, 5) is 23.5. The SMILES string of the molecule is COC(=O)[C@H](CCSC)NC(=O)Nc1ccc(OC)cc1. The highest BCUT2D eigenvalue weighted by Crippen LogP contribution is 2.14. The predicted octanol–water partition coefficient (Wildman–Crippen LogP) is 2.11. The van der Waals surface area contributed by atoms with Crippen LogP contribution in [0, 0.1) is 0 Å². The first-order valence-corrected chi connectivity index (χ1v) is 7.78. The Bertz CT molecular complexity index is 465. The molecule has 0 radical (unpaired) electrons. The van der Waals surface area contributed by atoms with Gasteiger partial charge in [0.1, 0.15) is 11.8 Å². The van der Waals surface area contributed by atoms with Crippen LogP contribution < -0.4 is 15.4 Å². The van der Waals surface area contributed by atoms with E-state index in [1.165, 1.54) is 7.11 Å². The third kappa shape index (κ3) is 5.95. The smallest absolute Gasteiger partial charge is 0.328 e. The van der Waals surface area contributed by atoms with Gasteiger partial charge in [-0.2, -0.15) is 11.8 Å². The standard InChI is InChI=1S/C14H20N2O4S/c1-19-11-6-4-10(5-7-11)15-14(18)16-12(8-9-21-3)13(17)20-2/h4-7,12H,8-9H2,1-3H3,(H2,15,16,18)/t12-/m0/s1. The molecule has 1 atom stereocenters. The van der Waals surface area contributed by atoms with E-state index in [1.807, 2.05) is 6.26 Å². The molecule has 0 heterocycles. The van der Waals surface area contributed by atoms with Crippen LogP contribution in [0.1, 0.15) is 6.42 Å². The normalized spacial score (nSPS) is 11.4. The van der Waals surface area contributed by atoms with Gasteiger partial charge in [-0.25, -0.2) is 9.59 Å². The second kappa shape index (κ2) is 9.12. The van der Waals surface area contributed by atoms with E-state index >= 15 is 0 Å². The maximum absolute atomic E-state index is 11.9. The number of hydrogen-bond acceptors (Lipinski definition) is 5. The molecule has 1 aromatic carbocycles. The van der Waals surface area contributed by atoms with Crippen LogP contribution in [0.25, 0.3) is 0 Å². The van der Waals surface area contributed by atoms with Crippen LogP contribution in [0.3, 0.4) is 0 Å². The van der Waals surface area contributed by atoms with Crippen molar-refractivity contribution in [2.45, 2.75) is 12.5 Å². The zero-order chi connectivity index (χ0) is 15.7. The van der Waals surface area contributed by atoms with E-state index in [-0.39, 0.29) is 0 Å². The average molecular weight is 312 g/mol. The molecule has 0 aliphatic heterocycles. The van der Waals surface area contributed by atoms with Crippen molar-refractivity contribution in [1.29, 1.82) is 0 Å². The lowest BCUT2D eigenvalue weighted by atomic mass is 10.2. The third-order valence-electron chi connectivity index (χ3n) is 2.75. The number of rotatable bonds is 7. The second-order valence-electron chi connectivity index (χ2n) is 4.18. The van der Waals surface area contributed by atoms with Crippen LogP contribution in [0.15, 0.2) is 24.3 Å². The third-order valence-corrected chi connectivity index (χ3v) is 3.39. The lowest BCUT2D eigenvalue weighted by Gasteiger charge is -2.16. The molecule has 2 amide bonds. The van der Waals surface area contributed by atoms with Crippen molar-refractivity contribution in [2.75, 3.05) is 31.5 Å². The van der Waals surface area contributed by atoms with Gasteiger partial charge in [-0.3, -0.25) is 0 Å². The van der Waals surface area contributed by atoms with Crippen molar-refractivity contribution >= 4 is 29.4 Å². The molecule has 0 spiro atoms. The van der Waals surface area contributed by atoms with Crippen molar-refractivity contribution in [3.8, 4) is 5.75 Å². The van der Waals surface area contributed by atoms with E-state index < -0.39 is 18.0 Å². The Morgan fingerprint density at radius 1 is 1.24 bits per heavy atom. The van der Waals surface area contributed by atoms with E-state index in [9.17, 15) is 9.59 Å². The molecule has 0 bridgehead atoms. The number of carbonyl (C=O) groups excluding carboxylic acids is 2. The summed E-state index contributed by atoms with van der Waals surface area (Å²) in [7, 11) is 2.87. The van der Waals surface area contributed by atoms with Crippen LogP contribution in [0.4, 0.5) is 10.5 Å². The van der Waals surface area contributed by atoms with Gasteiger partial charge in [-0.15, -0.1) is 0 Å². The summed E-state index contributed by atoms with van der Waals surface area (Å²) in [6.45, 7) is 0. The van der Waals surface area contributed by atoms with E-state index in [2.05, 4.69) is 15.4 Å². The summed E-state index contributed by atoms with van der Waals surface area (Å²) in [5, 5.41) is 5.27. The molecule has 0 aliphatic carbocycles. The summed E-state index contributed by atoms with van der Waals surface area (Å²) in [5.74, 6) is 1.00. The maximum Gasteiger partial charge on any atom is 0.328 e. The first-order chi connectivity index (χ1) is 10.1. The Balaban J connectivity index is 2.57. The number of esters is 1. The molecule has 6 nitrogen and oxygen atoms in total. The van der Waals surface area contributed by atoms with Crippen molar-refractivity contribution in [3.63, 3.8) is 0 Å². The van der Waals surface area contributed by atoms with Gasteiger partial charge in [0.2, 0.25) is 0 Å². The molecule has 0 saturated heterocycles. The fourth-order valence-corrected chi connectivity index (χ4v) is 2.10. The van der Waals surface area contributed by atoms with E-state index in [4.69, 9.17) is 4.74 Å². The molecular formula is C14H20N2O4S. The summed E-state index contributed by atoms with van der Waals surface area (Å²) in [6.07, 6.45) is 2.45. The van der Waals surface area contributed by atoms with Crippen LogP contribution >= 0.6 is 11.8 Å².